The number of aryl methyl sites for hydroxylation is 3. The molecule has 0 fully saturated rings. The lowest BCUT2D eigenvalue weighted by molar-refractivity contribution is 0.771. The van der Waals surface area contributed by atoms with E-state index in [1.807, 2.05) is 29.9 Å². The molecule has 0 saturated heterocycles. The molecule has 2 aromatic carbocycles. The van der Waals surface area contributed by atoms with Crippen molar-refractivity contribution in [2.24, 2.45) is 7.05 Å². The van der Waals surface area contributed by atoms with E-state index in [1.165, 1.54) is 5.56 Å². The predicted molar refractivity (Wildman–Crippen MR) is 98.9 cm³/mol. The summed E-state index contributed by atoms with van der Waals surface area (Å²) in [6, 6.07) is 14.4. The number of imidazole rings is 1. The smallest absolute Gasteiger partial charge is 0.169 e. The summed E-state index contributed by atoms with van der Waals surface area (Å²) >= 11 is 1.64. The number of hydrogen-bond donors (Lipinski definition) is 0. The zero-order valence-electron chi connectivity index (χ0n) is 14.3. The van der Waals surface area contributed by atoms with Gasteiger partial charge in [-0.05, 0) is 48.0 Å². The van der Waals surface area contributed by atoms with Crippen LogP contribution in [-0.2, 0) is 12.8 Å². The average molecular weight is 350 g/mol. The molecule has 0 aliphatic carbocycles. The first-order chi connectivity index (χ1) is 12.1. The van der Waals surface area contributed by atoms with Gasteiger partial charge in [0.1, 0.15) is 0 Å². The van der Waals surface area contributed by atoms with Gasteiger partial charge in [0.2, 0.25) is 0 Å². The summed E-state index contributed by atoms with van der Waals surface area (Å²) in [5, 5.41) is 13.2. The Morgan fingerprint density at radius 3 is 2.72 bits per heavy atom. The lowest BCUT2D eigenvalue weighted by atomic mass is 10.1. The van der Waals surface area contributed by atoms with Crippen molar-refractivity contribution in [1.29, 1.82) is 0 Å². The maximum atomic E-state index is 4.69. The Kier molecular flexibility index (Phi) is 4.01. The Labute approximate surface area is 149 Å². The fraction of sp³-hybridized carbons (Fsp3) is 0.222. The largest absolute Gasteiger partial charge is 0.322 e. The average Bonchev–Trinajstić information content (AvgIpc) is 3.18. The quantitative estimate of drug-likeness (QED) is 0.528. The summed E-state index contributed by atoms with van der Waals surface area (Å²) in [7, 11) is 2.03. The van der Waals surface area contributed by atoms with Gasteiger partial charge < -0.3 is 4.57 Å². The van der Waals surface area contributed by atoms with Gasteiger partial charge in [0.15, 0.2) is 11.0 Å². The second-order valence-electron chi connectivity index (χ2n) is 6.03. The number of rotatable bonds is 4. The van der Waals surface area contributed by atoms with Crippen LogP contribution in [0.15, 0.2) is 47.6 Å². The van der Waals surface area contributed by atoms with E-state index in [4.69, 9.17) is 4.98 Å². The molecule has 0 saturated carbocycles. The van der Waals surface area contributed by atoms with Crippen LogP contribution in [0.25, 0.3) is 16.7 Å². The number of hydrogen-bond acceptors (Lipinski definition) is 5. The summed E-state index contributed by atoms with van der Waals surface area (Å²) in [4.78, 5) is 4.69. The zero-order chi connectivity index (χ0) is 17.4. The first-order valence-electron chi connectivity index (χ1n) is 8.02. The van der Waals surface area contributed by atoms with Gasteiger partial charge >= 0.3 is 0 Å². The third-order valence-corrected chi connectivity index (χ3v) is 5.22. The molecule has 0 unspecified atom stereocenters. The predicted octanol–water partition coefficient (Wildman–Crippen LogP) is 3.46. The highest BCUT2D eigenvalue weighted by molar-refractivity contribution is 7.98. The van der Waals surface area contributed by atoms with Crippen molar-refractivity contribution < 1.29 is 0 Å². The van der Waals surface area contributed by atoms with Crippen LogP contribution < -0.4 is 0 Å². The van der Waals surface area contributed by atoms with Crippen molar-refractivity contribution in [1.82, 2.24) is 29.8 Å². The van der Waals surface area contributed by atoms with Gasteiger partial charge in [-0.15, -0.1) is 5.10 Å². The first-order valence-corrected chi connectivity index (χ1v) is 9.01. The Balaban J connectivity index is 1.62. The van der Waals surface area contributed by atoms with E-state index in [2.05, 4.69) is 58.2 Å². The van der Waals surface area contributed by atoms with Crippen molar-refractivity contribution in [3.8, 4) is 5.69 Å². The van der Waals surface area contributed by atoms with Gasteiger partial charge in [0, 0.05) is 7.05 Å². The molecule has 0 spiro atoms. The van der Waals surface area contributed by atoms with Crippen LogP contribution in [0.3, 0.4) is 0 Å². The number of thioether (sulfide) groups is 1. The summed E-state index contributed by atoms with van der Waals surface area (Å²) in [5.74, 6) is 1.46. The number of benzene rings is 2. The van der Waals surface area contributed by atoms with Crippen LogP contribution in [0.2, 0.25) is 0 Å². The van der Waals surface area contributed by atoms with Crippen LogP contribution in [-0.4, -0.2) is 29.8 Å². The molecule has 0 N–H and O–H groups in total. The van der Waals surface area contributed by atoms with E-state index in [0.29, 0.717) is 5.75 Å². The Morgan fingerprint density at radius 2 is 1.92 bits per heavy atom. The molecule has 0 bridgehead atoms. The lowest BCUT2D eigenvalue weighted by Gasteiger charge is -2.08. The van der Waals surface area contributed by atoms with Crippen molar-refractivity contribution >= 4 is 22.8 Å². The van der Waals surface area contributed by atoms with Gasteiger partial charge in [-0.2, -0.15) is 4.68 Å². The summed E-state index contributed by atoms with van der Waals surface area (Å²) in [6.45, 7) is 4.16. The summed E-state index contributed by atoms with van der Waals surface area (Å²) in [5.41, 5.74) is 5.52. The zero-order valence-corrected chi connectivity index (χ0v) is 15.2. The van der Waals surface area contributed by atoms with Crippen LogP contribution in [0.4, 0.5) is 0 Å². The molecular weight excluding hydrogens is 332 g/mol. The monoisotopic (exact) mass is 350 g/mol. The number of tetrazole rings is 1. The maximum absolute atomic E-state index is 4.69. The Morgan fingerprint density at radius 1 is 1.08 bits per heavy atom. The van der Waals surface area contributed by atoms with E-state index in [9.17, 15) is 0 Å². The molecule has 2 aromatic heterocycles. The van der Waals surface area contributed by atoms with Crippen molar-refractivity contribution in [2.45, 2.75) is 24.8 Å². The molecule has 4 rings (SSSR count). The topological polar surface area (TPSA) is 61.4 Å². The minimum Gasteiger partial charge on any atom is -0.322 e. The van der Waals surface area contributed by atoms with Crippen LogP contribution in [0.1, 0.15) is 17.0 Å². The second-order valence-corrected chi connectivity index (χ2v) is 6.97. The summed E-state index contributed by atoms with van der Waals surface area (Å²) in [6.07, 6.45) is 0. The van der Waals surface area contributed by atoms with Gasteiger partial charge in [-0.3, -0.25) is 0 Å². The van der Waals surface area contributed by atoms with Crippen LogP contribution >= 0.6 is 11.8 Å². The molecule has 6 nitrogen and oxygen atoms in total. The minimum atomic E-state index is 0.650. The molecule has 25 heavy (non-hydrogen) atoms. The standard InChI is InChI=1S/C18H18N6S/c1-12-8-9-15(13(2)10-12)24-17(20-21-22-24)11-25-18-19-14-6-4-5-7-16(14)23(18)3/h4-10H,11H2,1-3H3. The maximum Gasteiger partial charge on any atom is 0.169 e. The fourth-order valence-corrected chi connectivity index (χ4v) is 3.80. The highest BCUT2D eigenvalue weighted by atomic mass is 32.2. The molecule has 4 aromatic rings. The van der Waals surface area contributed by atoms with Gasteiger partial charge in [0.05, 0.1) is 22.5 Å². The third-order valence-electron chi connectivity index (χ3n) is 4.19. The molecule has 7 heteroatoms. The number of fused-ring (bicyclic) bond motifs is 1. The van der Waals surface area contributed by atoms with E-state index in [-0.39, 0.29) is 0 Å². The van der Waals surface area contributed by atoms with Gasteiger partial charge in [-0.25, -0.2) is 4.98 Å². The SMILES string of the molecule is Cc1ccc(-n2nnnc2CSc2nc3ccccc3n2C)c(C)c1. The normalized spacial score (nSPS) is 11.3. The van der Waals surface area contributed by atoms with E-state index in [0.717, 1.165) is 33.3 Å². The molecule has 0 aliphatic rings. The first kappa shape index (κ1) is 15.8. The number of nitrogens with zero attached hydrogens (tertiary/aromatic N) is 6. The number of para-hydroxylation sites is 2. The van der Waals surface area contributed by atoms with E-state index < -0.39 is 0 Å². The third kappa shape index (κ3) is 2.91. The van der Waals surface area contributed by atoms with Crippen LogP contribution in [0, 0.1) is 13.8 Å². The molecule has 2 heterocycles. The van der Waals surface area contributed by atoms with E-state index >= 15 is 0 Å². The fourth-order valence-electron chi connectivity index (χ4n) is 2.91. The molecular formula is C18H18N6S. The summed E-state index contributed by atoms with van der Waals surface area (Å²) < 4.78 is 3.91. The highest BCUT2D eigenvalue weighted by Crippen LogP contribution is 2.26. The lowest BCUT2D eigenvalue weighted by Crippen LogP contribution is -2.04. The van der Waals surface area contributed by atoms with E-state index in [1.54, 1.807) is 11.8 Å². The van der Waals surface area contributed by atoms with Crippen molar-refractivity contribution in [3.63, 3.8) is 0 Å². The molecule has 126 valence electrons. The van der Waals surface area contributed by atoms with Crippen molar-refractivity contribution in [2.75, 3.05) is 0 Å². The molecule has 0 aliphatic heterocycles. The second kappa shape index (κ2) is 6.33. The number of aromatic nitrogens is 6. The van der Waals surface area contributed by atoms with Crippen LogP contribution in [0.5, 0.6) is 0 Å². The Bertz CT molecular complexity index is 1050. The van der Waals surface area contributed by atoms with Gasteiger partial charge in [-0.1, -0.05) is 41.6 Å². The molecule has 0 radical (unpaired) electrons. The minimum absolute atomic E-state index is 0.650. The Hall–Kier alpha value is -2.67. The highest BCUT2D eigenvalue weighted by Gasteiger charge is 2.13. The van der Waals surface area contributed by atoms with Gasteiger partial charge in [0.25, 0.3) is 0 Å². The van der Waals surface area contributed by atoms with Crippen molar-refractivity contribution in [3.05, 3.63) is 59.4 Å². The molecule has 0 amide bonds. The molecule has 0 atom stereocenters.